The largest absolute Gasteiger partial charge is 0.418 e. The van der Waals surface area contributed by atoms with Crippen LogP contribution in [-0.4, -0.2) is 14.3 Å². The minimum Gasteiger partial charge on any atom is -0.326 e. The van der Waals surface area contributed by atoms with Crippen molar-refractivity contribution in [3.63, 3.8) is 0 Å². The van der Waals surface area contributed by atoms with Crippen molar-refractivity contribution in [2.24, 2.45) is 0 Å². The molecule has 0 bridgehead atoms. The second-order valence-electron chi connectivity index (χ2n) is 5.18. The van der Waals surface area contributed by atoms with Crippen LogP contribution in [0.4, 0.5) is 24.5 Å². The van der Waals surface area contributed by atoms with Crippen LogP contribution in [-0.2, 0) is 21.0 Å². The third kappa shape index (κ3) is 4.52. The van der Waals surface area contributed by atoms with E-state index in [1.54, 1.807) is 0 Å². The van der Waals surface area contributed by atoms with E-state index in [0.717, 1.165) is 31.2 Å². The first-order valence-electron chi connectivity index (χ1n) is 7.05. The lowest BCUT2D eigenvalue weighted by atomic mass is 10.1. The van der Waals surface area contributed by atoms with E-state index in [1.165, 1.54) is 12.1 Å². The van der Waals surface area contributed by atoms with Gasteiger partial charge in [-0.2, -0.15) is 18.4 Å². The van der Waals surface area contributed by atoms with Gasteiger partial charge in [0.1, 0.15) is 0 Å². The maximum Gasteiger partial charge on any atom is 0.418 e. The van der Waals surface area contributed by atoms with Crippen LogP contribution in [0.25, 0.3) is 0 Å². The molecule has 1 amide bonds. The molecule has 2 aromatic carbocycles. The van der Waals surface area contributed by atoms with Gasteiger partial charge >= 0.3 is 6.18 Å². The van der Waals surface area contributed by atoms with Gasteiger partial charge in [-0.15, -0.1) is 0 Å². The first-order valence-corrected chi connectivity index (χ1v) is 8.53. The fraction of sp³-hybridized carbons (Fsp3) is 0.125. The molecule has 0 unspecified atom stereocenters. The Morgan fingerprint density at radius 2 is 1.73 bits per heavy atom. The molecule has 0 saturated heterocycles. The Hall–Kier alpha value is -3.06. The number of hydrogen-bond donors (Lipinski definition) is 2. The number of carbonyl (C=O) groups is 1. The first kappa shape index (κ1) is 19.3. The minimum absolute atomic E-state index is 0.119. The average Bonchev–Trinajstić information content (AvgIpc) is 2.54. The molecule has 0 saturated carbocycles. The van der Waals surface area contributed by atoms with Gasteiger partial charge in [0.25, 0.3) is 10.0 Å². The Labute approximate surface area is 147 Å². The predicted molar refractivity (Wildman–Crippen MR) is 87.7 cm³/mol. The molecule has 0 aliphatic carbocycles. The highest BCUT2D eigenvalue weighted by Crippen LogP contribution is 2.37. The molecule has 0 aromatic heterocycles. The Bertz CT molecular complexity index is 979. The van der Waals surface area contributed by atoms with Gasteiger partial charge in [0.15, 0.2) is 0 Å². The van der Waals surface area contributed by atoms with Crippen LogP contribution in [0, 0.1) is 11.3 Å². The van der Waals surface area contributed by atoms with Crippen LogP contribution >= 0.6 is 0 Å². The molecule has 0 spiro atoms. The summed E-state index contributed by atoms with van der Waals surface area (Å²) < 4.78 is 66.3. The maximum atomic E-state index is 13.3. The second kappa shape index (κ2) is 7.05. The summed E-state index contributed by atoms with van der Waals surface area (Å²) in [7, 11) is -4.30. The lowest BCUT2D eigenvalue weighted by molar-refractivity contribution is -0.136. The van der Waals surface area contributed by atoms with E-state index in [0.29, 0.717) is 6.07 Å². The fourth-order valence-corrected chi connectivity index (χ4v) is 3.14. The number of benzene rings is 2. The number of carbonyl (C=O) groups excluding carboxylic acids is 1. The van der Waals surface area contributed by atoms with Gasteiger partial charge < -0.3 is 5.32 Å². The van der Waals surface area contributed by atoms with Crippen molar-refractivity contribution in [2.75, 3.05) is 10.0 Å². The summed E-state index contributed by atoms with van der Waals surface area (Å²) in [4.78, 5) is 10.7. The number of hydrogen-bond acceptors (Lipinski definition) is 4. The van der Waals surface area contributed by atoms with E-state index >= 15 is 0 Å². The molecule has 0 radical (unpaired) electrons. The van der Waals surface area contributed by atoms with E-state index in [1.807, 2.05) is 10.8 Å². The van der Waals surface area contributed by atoms with Crippen molar-refractivity contribution in [1.82, 2.24) is 0 Å². The van der Waals surface area contributed by atoms with E-state index in [2.05, 4.69) is 5.32 Å². The van der Waals surface area contributed by atoms with Crippen molar-refractivity contribution in [2.45, 2.75) is 18.0 Å². The van der Waals surface area contributed by atoms with Crippen molar-refractivity contribution in [1.29, 1.82) is 5.26 Å². The summed E-state index contributed by atoms with van der Waals surface area (Å²) in [6.07, 6.45) is -4.85. The molecule has 0 aliphatic rings. The van der Waals surface area contributed by atoms with Gasteiger partial charge in [-0.1, -0.05) is 0 Å². The zero-order chi connectivity index (χ0) is 19.5. The molecule has 0 atom stereocenters. The number of sulfonamides is 1. The first-order chi connectivity index (χ1) is 12.0. The summed E-state index contributed by atoms with van der Waals surface area (Å²) in [5.74, 6) is -0.566. The normalized spacial score (nSPS) is 11.5. The van der Waals surface area contributed by atoms with E-state index in [-0.39, 0.29) is 16.1 Å². The van der Waals surface area contributed by atoms with Gasteiger partial charge in [0, 0.05) is 12.6 Å². The maximum absolute atomic E-state index is 13.3. The summed E-state index contributed by atoms with van der Waals surface area (Å²) in [6.45, 7) is 1.13. The topological polar surface area (TPSA) is 99.1 Å². The molecule has 136 valence electrons. The van der Waals surface area contributed by atoms with Crippen LogP contribution in [0.2, 0.25) is 0 Å². The minimum atomic E-state index is -4.85. The van der Waals surface area contributed by atoms with Gasteiger partial charge in [0.2, 0.25) is 5.91 Å². The van der Waals surface area contributed by atoms with Gasteiger partial charge in [-0.05, 0) is 42.5 Å². The number of alkyl halides is 3. The number of rotatable bonds is 4. The highest BCUT2D eigenvalue weighted by atomic mass is 32.2. The second-order valence-corrected chi connectivity index (χ2v) is 6.86. The number of halogens is 3. The molecule has 0 heterocycles. The number of nitriles is 1. The Balaban J connectivity index is 2.43. The van der Waals surface area contributed by atoms with Crippen molar-refractivity contribution in [3.05, 3.63) is 53.6 Å². The molecule has 2 aromatic rings. The lowest BCUT2D eigenvalue weighted by Crippen LogP contribution is -2.18. The molecule has 26 heavy (non-hydrogen) atoms. The monoisotopic (exact) mass is 383 g/mol. The standard InChI is InChI=1S/C16H12F3N3O3S/c1-10(23)21-12-4-7-15(14(8-12)16(17,18)19)22-26(24,25)13-5-2-11(9-20)3-6-13/h2-8,22H,1H3,(H,21,23). The Morgan fingerprint density at radius 1 is 1.12 bits per heavy atom. The summed E-state index contributed by atoms with van der Waals surface area (Å²) in [5, 5.41) is 10.9. The zero-order valence-corrected chi connectivity index (χ0v) is 14.1. The van der Waals surface area contributed by atoms with E-state index < -0.39 is 33.4 Å². The molecule has 0 aliphatic heterocycles. The van der Waals surface area contributed by atoms with Gasteiger partial charge in [-0.25, -0.2) is 8.42 Å². The van der Waals surface area contributed by atoms with Crippen LogP contribution in [0.5, 0.6) is 0 Å². The third-order valence-electron chi connectivity index (χ3n) is 3.18. The molecule has 10 heteroatoms. The number of nitrogens with zero attached hydrogens (tertiary/aromatic N) is 1. The van der Waals surface area contributed by atoms with E-state index in [4.69, 9.17) is 5.26 Å². The van der Waals surface area contributed by atoms with Gasteiger partial charge in [-0.3, -0.25) is 9.52 Å². The van der Waals surface area contributed by atoms with Crippen molar-refractivity contribution >= 4 is 27.3 Å². The molecule has 2 N–H and O–H groups in total. The average molecular weight is 383 g/mol. The van der Waals surface area contributed by atoms with Crippen LogP contribution < -0.4 is 10.0 Å². The zero-order valence-electron chi connectivity index (χ0n) is 13.3. The highest BCUT2D eigenvalue weighted by molar-refractivity contribution is 7.92. The summed E-state index contributed by atoms with van der Waals surface area (Å²) >= 11 is 0. The van der Waals surface area contributed by atoms with Crippen molar-refractivity contribution < 1.29 is 26.4 Å². The highest BCUT2D eigenvalue weighted by Gasteiger charge is 2.35. The summed E-state index contributed by atoms with van der Waals surface area (Å²) in [6, 6.07) is 9.19. The van der Waals surface area contributed by atoms with Crippen LogP contribution in [0.15, 0.2) is 47.4 Å². The number of amides is 1. The quantitative estimate of drug-likeness (QED) is 0.846. The molecular formula is C16H12F3N3O3S. The smallest absolute Gasteiger partial charge is 0.326 e. The molecule has 2 rings (SSSR count). The molecule has 0 fully saturated rings. The SMILES string of the molecule is CC(=O)Nc1ccc(NS(=O)(=O)c2ccc(C#N)cc2)c(C(F)(F)F)c1. The fourth-order valence-electron chi connectivity index (χ4n) is 2.06. The van der Waals surface area contributed by atoms with Gasteiger partial charge in [0.05, 0.1) is 27.8 Å². The summed E-state index contributed by atoms with van der Waals surface area (Å²) in [5.41, 5.74) is -1.84. The lowest BCUT2D eigenvalue weighted by Gasteiger charge is -2.16. The van der Waals surface area contributed by atoms with Crippen LogP contribution in [0.3, 0.4) is 0 Å². The third-order valence-corrected chi connectivity index (χ3v) is 4.56. The molecular weight excluding hydrogens is 371 g/mol. The molecule has 6 nitrogen and oxygen atoms in total. The number of nitrogens with one attached hydrogen (secondary N) is 2. The number of anilines is 2. The Kier molecular flexibility index (Phi) is 5.22. The Morgan fingerprint density at radius 3 is 2.23 bits per heavy atom. The van der Waals surface area contributed by atoms with Crippen LogP contribution in [0.1, 0.15) is 18.1 Å². The van der Waals surface area contributed by atoms with E-state index in [9.17, 15) is 26.4 Å². The predicted octanol–water partition coefficient (Wildman–Crippen LogP) is 3.34. The van der Waals surface area contributed by atoms with Crippen molar-refractivity contribution in [3.8, 4) is 6.07 Å².